The zero-order valence-corrected chi connectivity index (χ0v) is 12.4. The molecule has 0 spiro atoms. The fourth-order valence-corrected chi connectivity index (χ4v) is 3.21. The lowest BCUT2D eigenvalue weighted by atomic mass is 9.88. The Labute approximate surface area is 124 Å². The first-order chi connectivity index (χ1) is 9.15. The van der Waals surface area contributed by atoms with Crippen LogP contribution in [0.25, 0.3) is 0 Å². The van der Waals surface area contributed by atoms with Gasteiger partial charge in [0, 0.05) is 18.7 Å². The number of hydrogen-bond acceptors (Lipinski definition) is 2. The van der Waals surface area contributed by atoms with E-state index in [-0.39, 0.29) is 24.1 Å². The van der Waals surface area contributed by atoms with Gasteiger partial charge in [-0.05, 0) is 56.0 Å². The Balaban J connectivity index is 0.00000147. The van der Waals surface area contributed by atoms with Crippen molar-refractivity contribution in [3.05, 3.63) is 35.1 Å². The zero-order valence-electron chi connectivity index (χ0n) is 11.6. The molecule has 3 rings (SSSR count). The molecule has 1 aromatic rings. The van der Waals surface area contributed by atoms with Crippen LogP contribution < -0.4 is 5.32 Å². The Morgan fingerprint density at radius 3 is 2.90 bits per heavy atom. The van der Waals surface area contributed by atoms with Gasteiger partial charge in [0.1, 0.15) is 5.82 Å². The molecule has 2 aliphatic rings. The van der Waals surface area contributed by atoms with Crippen LogP contribution in [-0.2, 0) is 0 Å². The number of nitrogens with one attached hydrogen (secondary N) is 1. The van der Waals surface area contributed by atoms with Crippen LogP contribution in [0.4, 0.5) is 4.39 Å². The van der Waals surface area contributed by atoms with Crippen molar-refractivity contribution in [2.45, 2.75) is 13.3 Å². The maximum Gasteiger partial charge on any atom is 0.254 e. The number of fused-ring (bicyclic) bond motifs is 1. The van der Waals surface area contributed by atoms with E-state index in [1.807, 2.05) is 11.8 Å². The normalized spacial score (nSPS) is 25.0. The van der Waals surface area contributed by atoms with E-state index in [2.05, 4.69) is 5.32 Å². The van der Waals surface area contributed by atoms with Gasteiger partial charge in [0.25, 0.3) is 5.91 Å². The molecular weight excluding hydrogens is 279 g/mol. The molecular formula is C15H20ClFN2O. The van der Waals surface area contributed by atoms with Crippen LogP contribution in [0.2, 0.25) is 0 Å². The first-order valence-corrected chi connectivity index (χ1v) is 6.91. The molecule has 3 nitrogen and oxygen atoms in total. The molecule has 2 fully saturated rings. The number of nitrogens with zero attached hydrogens (tertiary/aromatic N) is 1. The summed E-state index contributed by atoms with van der Waals surface area (Å²) in [6.07, 6.45) is 1.05. The van der Waals surface area contributed by atoms with Crippen molar-refractivity contribution >= 4 is 18.3 Å². The minimum atomic E-state index is -0.341. The molecule has 0 aromatic heterocycles. The van der Waals surface area contributed by atoms with Gasteiger partial charge >= 0.3 is 0 Å². The second-order valence-electron chi connectivity index (χ2n) is 5.68. The molecule has 0 saturated carbocycles. The van der Waals surface area contributed by atoms with Gasteiger partial charge in [-0.25, -0.2) is 4.39 Å². The predicted octanol–water partition coefficient (Wildman–Crippen LogP) is 2.24. The van der Waals surface area contributed by atoms with Crippen LogP contribution >= 0.6 is 12.4 Å². The van der Waals surface area contributed by atoms with E-state index in [0.717, 1.165) is 38.2 Å². The Kier molecular flexibility index (Phi) is 4.66. The smallest absolute Gasteiger partial charge is 0.254 e. The highest BCUT2D eigenvalue weighted by atomic mass is 35.5. The van der Waals surface area contributed by atoms with Crippen LogP contribution in [0.15, 0.2) is 18.2 Å². The van der Waals surface area contributed by atoms with Crippen LogP contribution in [0.3, 0.4) is 0 Å². The van der Waals surface area contributed by atoms with E-state index in [1.165, 1.54) is 12.1 Å². The maximum atomic E-state index is 13.3. The van der Waals surface area contributed by atoms with Gasteiger partial charge in [-0.2, -0.15) is 0 Å². The monoisotopic (exact) mass is 298 g/mol. The lowest BCUT2D eigenvalue weighted by Gasteiger charge is -2.34. The molecule has 5 heteroatoms. The number of likely N-dealkylation sites (tertiary alicyclic amines) is 1. The molecule has 2 aliphatic heterocycles. The Bertz CT molecular complexity index is 509. The van der Waals surface area contributed by atoms with Crippen molar-refractivity contribution < 1.29 is 9.18 Å². The van der Waals surface area contributed by atoms with Gasteiger partial charge in [-0.1, -0.05) is 6.07 Å². The third-order valence-corrected chi connectivity index (χ3v) is 4.42. The van der Waals surface area contributed by atoms with Gasteiger partial charge in [0.2, 0.25) is 0 Å². The Morgan fingerprint density at radius 1 is 1.35 bits per heavy atom. The van der Waals surface area contributed by atoms with E-state index in [4.69, 9.17) is 0 Å². The number of halogens is 2. The van der Waals surface area contributed by atoms with Crippen molar-refractivity contribution in [1.82, 2.24) is 10.2 Å². The molecule has 0 bridgehead atoms. The van der Waals surface area contributed by atoms with Gasteiger partial charge in [0.05, 0.1) is 0 Å². The Hall–Kier alpha value is -1.13. The fourth-order valence-electron chi connectivity index (χ4n) is 3.21. The van der Waals surface area contributed by atoms with E-state index in [0.29, 0.717) is 17.4 Å². The minimum Gasteiger partial charge on any atom is -0.338 e. The van der Waals surface area contributed by atoms with Crippen molar-refractivity contribution in [3.8, 4) is 0 Å². The Morgan fingerprint density at radius 2 is 2.10 bits per heavy atom. The van der Waals surface area contributed by atoms with Crippen LogP contribution in [-0.4, -0.2) is 37.0 Å². The van der Waals surface area contributed by atoms with Gasteiger partial charge in [-0.3, -0.25) is 4.79 Å². The molecule has 1 amide bonds. The molecule has 2 atom stereocenters. The third-order valence-electron chi connectivity index (χ3n) is 4.42. The standard InChI is InChI=1S/C15H19FN2O.ClH/c1-10-2-3-13(16)6-14(10)15(19)18-5-4-11-7-17-8-12(11)9-18;/h2-3,6,11-12,17H,4-5,7-9H2,1H3;1H. The second kappa shape index (κ2) is 6.10. The summed E-state index contributed by atoms with van der Waals surface area (Å²) in [6, 6.07) is 4.43. The van der Waals surface area contributed by atoms with Crippen molar-refractivity contribution in [1.29, 1.82) is 0 Å². The van der Waals surface area contributed by atoms with Crippen LogP contribution in [0, 0.1) is 24.6 Å². The summed E-state index contributed by atoms with van der Waals surface area (Å²) in [6.45, 7) is 5.52. The maximum absolute atomic E-state index is 13.3. The quantitative estimate of drug-likeness (QED) is 0.862. The highest BCUT2D eigenvalue weighted by Crippen LogP contribution is 2.27. The minimum absolute atomic E-state index is 0. The van der Waals surface area contributed by atoms with Crippen molar-refractivity contribution in [3.63, 3.8) is 0 Å². The van der Waals surface area contributed by atoms with Gasteiger partial charge in [0.15, 0.2) is 0 Å². The zero-order chi connectivity index (χ0) is 13.4. The molecule has 20 heavy (non-hydrogen) atoms. The summed E-state index contributed by atoms with van der Waals surface area (Å²) >= 11 is 0. The number of aryl methyl sites for hydroxylation is 1. The van der Waals surface area contributed by atoms with Crippen LogP contribution in [0.5, 0.6) is 0 Å². The number of rotatable bonds is 1. The van der Waals surface area contributed by atoms with Gasteiger partial charge in [-0.15, -0.1) is 12.4 Å². The summed E-state index contributed by atoms with van der Waals surface area (Å²) in [5, 5.41) is 3.39. The van der Waals surface area contributed by atoms with E-state index >= 15 is 0 Å². The summed E-state index contributed by atoms with van der Waals surface area (Å²) in [7, 11) is 0. The summed E-state index contributed by atoms with van der Waals surface area (Å²) in [5.41, 5.74) is 1.35. The number of benzene rings is 1. The number of piperidine rings is 1. The number of carbonyl (C=O) groups excluding carboxylic acids is 1. The molecule has 2 saturated heterocycles. The SMILES string of the molecule is Cc1ccc(F)cc1C(=O)N1CCC2CNCC2C1.Cl. The number of hydrogen-bond donors (Lipinski definition) is 1. The highest BCUT2D eigenvalue weighted by molar-refractivity contribution is 5.95. The summed E-state index contributed by atoms with van der Waals surface area (Å²) in [5.74, 6) is 0.901. The summed E-state index contributed by atoms with van der Waals surface area (Å²) in [4.78, 5) is 14.4. The second-order valence-corrected chi connectivity index (χ2v) is 5.68. The van der Waals surface area contributed by atoms with E-state index in [9.17, 15) is 9.18 Å². The fraction of sp³-hybridized carbons (Fsp3) is 0.533. The lowest BCUT2D eigenvalue weighted by Crippen LogP contribution is -2.43. The van der Waals surface area contributed by atoms with Crippen LogP contribution in [0.1, 0.15) is 22.3 Å². The lowest BCUT2D eigenvalue weighted by molar-refractivity contribution is 0.0641. The molecule has 1 N–H and O–H groups in total. The highest BCUT2D eigenvalue weighted by Gasteiger charge is 2.34. The third kappa shape index (κ3) is 2.81. The first-order valence-electron chi connectivity index (χ1n) is 6.91. The van der Waals surface area contributed by atoms with E-state index in [1.54, 1.807) is 6.07 Å². The van der Waals surface area contributed by atoms with Crippen molar-refractivity contribution in [2.75, 3.05) is 26.2 Å². The van der Waals surface area contributed by atoms with E-state index < -0.39 is 0 Å². The predicted molar refractivity (Wildman–Crippen MR) is 78.8 cm³/mol. The number of amides is 1. The molecule has 0 radical (unpaired) electrons. The molecule has 0 aliphatic carbocycles. The molecule has 1 aromatic carbocycles. The average Bonchev–Trinajstić information content (AvgIpc) is 2.88. The number of carbonyl (C=O) groups is 1. The average molecular weight is 299 g/mol. The molecule has 2 heterocycles. The molecule has 2 unspecified atom stereocenters. The van der Waals surface area contributed by atoms with Crippen molar-refractivity contribution in [2.24, 2.45) is 11.8 Å². The first kappa shape index (κ1) is 15.3. The summed E-state index contributed by atoms with van der Waals surface area (Å²) < 4.78 is 13.3. The topological polar surface area (TPSA) is 32.3 Å². The van der Waals surface area contributed by atoms with Gasteiger partial charge < -0.3 is 10.2 Å². The largest absolute Gasteiger partial charge is 0.338 e. The molecule has 110 valence electrons.